The van der Waals surface area contributed by atoms with Crippen molar-refractivity contribution < 1.29 is 9.90 Å². The number of aromatic nitrogens is 1. The molecule has 2 rings (SSSR count). The van der Waals surface area contributed by atoms with Crippen molar-refractivity contribution in [3.63, 3.8) is 0 Å². The van der Waals surface area contributed by atoms with E-state index in [0.29, 0.717) is 18.7 Å². The highest BCUT2D eigenvalue weighted by Gasteiger charge is 2.13. The second-order valence-corrected chi connectivity index (χ2v) is 3.89. The fourth-order valence-corrected chi connectivity index (χ4v) is 1.89. The number of aromatic amines is 1. The van der Waals surface area contributed by atoms with Crippen LogP contribution in [0.5, 0.6) is 0 Å². The molecule has 0 aliphatic rings. The van der Waals surface area contributed by atoms with Crippen molar-refractivity contribution in [3.05, 3.63) is 36.0 Å². The Kier molecular flexibility index (Phi) is 3.44. The summed E-state index contributed by atoms with van der Waals surface area (Å²) in [5.41, 5.74) is 1.68. The maximum Gasteiger partial charge on any atom is 0.253 e. The number of nitrogens with zero attached hydrogens (tertiary/aromatic N) is 1. The molecule has 1 amide bonds. The lowest BCUT2D eigenvalue weighted by molar-refractivity contribution is 0.0732. The Hall–Kier alpha value is -1.81. The standard InChI is InChI=1S/C13H16N2O2/c1-2-15(7-8-16)13(17)11-3-4-12-10(9-11)5-6-14-12/h3-6,9,14,16H,2,7-8H2,1H3. The summed E-state index contributed by atoms with van der Waals surface area (Å²) in [6.07, 6.45) is 1.85. The van der Waals surface area contributed by atoms with E-state index in [1.54, 1.807) is 11.0 Å². The molecule has 0 spiro atoms. The number of aliphatic hydroxyl groups excluding tert-OH is 1. The Morgan fingerprint density at radius 2 is 2.24 bits per heavy atom. The molecule has 17 heavy (non-hydrogen) atoms. The average Bonchev–Trinajstić information content (AvgIpc) is 2.82. The fraction of sp³-hybridized carbons (Fsp3) is 0.308. The number of carbonyl (C=O) groups is 1. The highest BCUT2D eigenvalue weighted by atomic mass is 16.3. The van der Waals surface area contributed by atoms with Gasteiger partial charge in [0.15, 0.2) is 0 Å². The summed E-state index contributed by atoms with van der Waals surface area (Å²) in [4.78, 5) is 16.9. The summed E-state index contributed by atoms with van der Waals surface area (Å²) >= 11 is 0. The van der Waals surface area contributed by atoms with Crippen LogP contribution in [0, 0.1) is 0 Å². The van der Waals surface area contributed by atoms with Crippen molar-refractivity contribution in [2.45, 2.75) is 6.92 Å². The quantitative estimate of drug-likeness (QED) is 0.841. The van der Waals surface area contributed by atoms with E-state index in [0.717, 1.165) is 10.9 Å². The van der Waals surface area contributed by atoms with Gasteiger partial charge in [0, 0.05) is 35.8 Å². The summed E-state index contributed by atoms with van der Waals surface area (Å²) in [6.45, 7) is 2.87. The number of aliphatic hydroxyl groups is 1. The number of amides is 1. The Bertz CT molecular complexity index is 519. The van der Waals surface area contributed by atoms with Gasteiger partial charge in [-0.05, 0) is 31.2 Å². The molecule has 4 nitrogen and oxygen atoms in total. The third-order valence-corrected chi connectivity index (χ3v) is 2.84. The third kappa shape index (κ3) is 2.31. The molecule has 1 aromatic heterocycles. The molecule has 1 heterocycles. The van der Waals surface area contributed by atoms with Crippen molar-refractivity contribution in [3.8, 4) is 0 Å². The lowest BCUT2D eigenvalue weighted by atomic mass is 10.1. The first-order chi connectivity index (χ1) is 8.26. The molecule has 1 aromatic carbocycles. The van der Waals surface area contributed by atoms with Gasteiger partial charge in [-0.15, -0.1) is 0 Å². The Labute approximate surface area is 99.9 Å². The average molecular weight is 232 g/mol. The van der Waals surface area contributed by atoms with Gasteiger partial charge in [-0.25, -0.2) is 0 Å². The second-order valence-electron chi connectivity index (χ2n) is 3.89. The summed E-state index contributed by atoms with van der Waals surface area (Å²) in [5.74, 6) is -0.0374. The van der Waals surface area contributed by atoms with E-state index in [4.69, 9.17) is 5.11 Å². The van der Waals surface area contributed by atoms with E-state index in [9.17, 15) is 4.79 Å². The molecular weight excluding hydrogens is 216 g/mol. The van der Waals surface area contributed by atoms with Gasteiger partial charge in [0.2, 0.25) is 0 Å². The van der Waals surface area contributed by atoms with Gasteiger partial charge < -0.3 is 15.0 Å². The Morgan fingerprint density at radius 3 is 2.94 bits per heavy atom. The van der Waals surface area contributed by atoms with E-state index >= 15 is 0 Å². The predicted molar refractivity (Wildman–Crippen MR) is 67.0 cm³/mol. The first-order valence-corrected chi connectivity index (χ1v) is 5.73. The zero-order chi connectivity index (χ0) is 12.3. The van der Waals surface area contributed by atoms with E-state index in [-0.39, 0.29) is 12.5 Å². The number of nitrogens with one attached hydrogen (secondary N) is 1. The van der Waals surface area contributed by atoms with Crippen molar-refractivity contribution in [1.82, 2.24) is 9.88 Å². The van der Waals surface area contributed by atoms with Crippen LogP contribution in [0.15, 0.2) is 30.5 Å². The van der Waals surface area contributed by atoms with Crippen molar-refractivity contribution in [1.29, 1.82) is 0 Å². The van der Waals surface area contributed by atoms with Gasteiger partial charge in [-0.3, -0.25) is 4.79 Å². The minimum absolute atomic E-state index is 0.00796. The Balaban J connectivity index is 2.28. The predicted octanol–water partition coefficient (Wildman–Crippen LogP) is 1.62. The van der Waals surface area contributed by atoms with Crippen molar-refractivity contribution in [2.75, 3.05) is 19.7 Å². The lowest BCUT2D eigenvalue weighted by Gasteiger charge is -2.19. The van der Waals surface area contributed by atoms with Crippen LogP contribution in [0.4, 0.5) is 0 Å². The molecule has 0 saturated heterocycles. The molecule has 0 aliphatic heterocycles. The third-order valence-electron chi connectivity index (χ3n) is 2.84. The number of fused-ring (bicyclic) bond motifs is 1. The van der Waals surface area contributed by atoms with Gasteiger partial charge in [0.05, 0.1) is 6.61 Å². The topological polar surface area (TPSA) is 56.3 Å². The molecule has 0 aliphatic carbocycles. The number of H-pyrrole nitrogens is 1. The van der Waals surface area contributed by atoms with Crippen molar-refractivity contribution in [2.24, 2.45) is 0 Å². The van der Waals surface area contributed by atoms with E-state index in [2.05, 4.69) is 4.98 Å². The Morgan fingerprint density at radius 1 is 1.41 bits per heavy atom. The zero-order valence-corrected chi connectivity index (χ0v) is 9.81. The van der Waals surface area contributed by atoms with E-state index in [1.807, 2.05) is 31.3 Å². The molecule has 0 bridgehead atoms. The van der Waals surface area contributed by atoms with Crippen LogP contribution in [-0.2, 0) is 0 Å². The first-order valence-electron chi connectivity index (χ1n) is 5.73. The molecule has 4 heteroatoms. The minimum atomic E-state index is -0.0374. The number of benzene rings is 1. The second kappa shape index (κ2) is 5.01. The molecule has 0 unspecified atom stereocenters. The summed E-state index contributed by atoms with van der Waals surface area (Å²) in [7, 11) is 0. The van der Waals surface area contributed by atoms with Gasteiger partial charge in [0.1, 0.15) is 0 Å². The highest BCUT2D eigenvalue weighted by Crippen LogP contribution is 2.15. The number of hydrogen-bond donors (Lipinski definition) is 2. The van der Waals surface area contributed by atoms with Crippen molar-refractivity contribution >= 4 is 16.8 Å². The number of hydrogen-bond acceptors (Lipinski definition) is 2. The normalized spacial score (nSPS) is 10.7. The summed E-state index contributed by atoms with van der Waals surface area (Å²) in [6, 6.07) is 7.51. The smallest absolute Gasteiger partial charge is 0.253 e. The maximum absolute atomic E-state index is 12.1. The molecule has 90 valence electrons. The number of rotatable bonds is 4. The van der Waals surface area contributed by atoms with Crippen LogP contribution >= 0.6 is 0 Å². The molecule has 2 aromatic rings. The van der Waals surface area contributed by atoms with Crippen LogP contribution < -0.4 is 0 Å². The van der Waals surface area contributed by atoms with E-state index in [1.165, 1.54) is 0 Å². The SMILES string of the molecule is CCN(CCO)C(=O)c1ccc2[nH]ccc2c1. The summed E-state index contributed by atoms with van der Waals surface area (Å²) < 4.78 is 0. The number of carbonyl (C=O) groups excluding carboxylic acids is 1. The molecule has 2 N–H and O–H groups in total. The van der Waals surface area contributed by atoms with E-state index < -0.39 is 0 Å². The first kappa shape index (κ1) is 11.7. The molecule has 0 radical (unpaired) electrons. The van der Waals surface area contributed by atoms with Crippen LogP contribution in [0.3, 0.4) is 0 Å². The van der Waals surface area contributed by atoms with Gasteiger partial charge in [-0.1, -0.05) is 0 Å². The molecule has 0 fully saturated rings. The molecule has 0 saturated carbocycles. The van der Waals surface area contributed by atoms with Crippen LogP contribution in [0.25, 0.3) is 10.9 Å². The summed E-state index contributed by atoms with van der Waals surface area (Å²) in [5, 5.41) is 9.93. The number of likely N-dealkylation sites (N-methyl/N-ethyl adjacent to an activating group) is 1. The highest BCUT2D eigenvalue weighted by molar-refractivity contribution is 5.98. The molecular formula is C13H16N2O2. The maximum atomic E-state index is 12.1. The van der Waals surface area contributed by atoms with Gasteiger partial charge in [-0.2, -0.15) is 0 Å². The van der Waals surface area contributed by atoms with Crippen LogP contribution in [0.1, 0.15) is 17.3 Å². The van der Waals surface area contributed by atoms with Gasteiger partial charge in [0.25, 0.3) is 5.91 Å². The largest absolute Gasteiger partial charge is 0.395 e. The minimum Gasteiger partial charge on any atom is -0.395 e. The monoisotopic (exact) mass is 232 g/mol. The van der Waals surface area contributed by atoms with Gasteiger partial charge >= 0.3 is 0 Å². The molecule has 0 atom stereocenters. The van der Waals surface area contributed by atoms with Crippen LogP contribution in [0.2, 0.25) is 0 Å². The van der Waals surface area contributed by atoms with Crippen LogP contribution in [-0.4, -0.2) is 40.6 Å². The lowest BCUT2D eigenvalue weighted by Crippen LogP contribution is -2.33. The zero-order valence-electron chi connectivity index (χ0n) is 9.81. The fourth-order valence-electron chi connectivity index (χ4n) is 1.89.